The van der Waals surface area contributed by atoms with Crippen LogP contribution < -0.4 is 10.2 Å². The number of hydrogen-bond acceptors (Lipinski definition) is 2. The minimum absolute atomic E-state index is 0.0322. The zero-order valence-electron chi connectivity index (χ0n) is 10.2. The number of rotatable bonds is 3. The lowest BCUT2D eigenvalue weighted by atomic mass is 10.0. The maximum absolute atomic E-state index is 13.5. The van der Waals surface area contributed by atoms with Gasteiger partial charge in [0.2, 0.25) is 5.91 Å². The van der Waals surface area contributed by atoms with Crippen LogP contribution in [0.4, 0.5) is 10.1 Å². The van der Waals surface area contributed by atoms with Gasteiger partial charge in [0, 0.05) is 12.2 Å². The van der Waals surface area contributed by atoms with E-state index in [-0.39, 0.29) is 17.8 Å². The van der Waals surface area contributed by atoms with Crippen molar-refractivity contribution in [3.8, 4) is 0 Å². The Labute approximate surface area is 114 Å². The molecule has 1 aromatic carbocycles. The molecular formula is C13H16BrFN2O. The highest BCUT2D eigenvalue weighted by molar-refractivity contribution is 9.10. The molecule has 0 saturated carbocycles. The predicted molar refractivity (Wildman–Crippen MR) is 73.2 cm³/mol. The van der Waals surface area contributed by atoms with E-state index in [0.717, 1.165) is 19.4 Å². The van der Waals surface area contributed by atoms with Gasteiger partial charge in [0.25, 0.3) is 0 Å². The molecule has 1 heterocycles. The molecule has 3 nitrogen and oxygen atoms in total. The highest BCUT2D eigenvalue weighted by Gasteiger charge is 2.29. The second-order valence-corrected chi connectivity index (χ2v) is 5.20. The third-order valence-electron chi connectivity index (χ3n) is 3.10. The Morgan fingerprint density at radius 3 is 3.00 bits per heavy atom. The lowest BCUT2D eigenvalue weighted by molar-refractivity contribution is -0.121. The standard InChI is InChI=1S/C13H16BrFN2O/c1-2-16-12-4-3-7-17(13(12)18)9-5-6-10(14)11(15)8-9/h5-6,8,12,16H,2-4,7H2,1H3. The van der Waals surface area contributed by atoms with Gasteiger partial charge < -0.3 is 10.2 Å². The van der Waals surface area contributed by atoms with Crippen LogP contribution in [-0.4, -0.2) is 25.0 Å². The number of piperidine rings is 1. The molecule has 1 fully saturated rings. The minimum Gasteiger partial charge on any atom is -0.311 e. The van der Waals surface area contributed by atoms with E-state index in [1.165, 1.54) is 6.07 Å². The summed E-state index contributed by atoms with van der Waals surface area (Å²) >= 11 is 3.11. The number of benzene rings is 1. The van der Waals surface area contributed by atoms with Crippen molar-refractivity contribution in [1.29, 1.82) is 0 Å². The van der Waals surface area contributed by atoms with Gasteiger partial charge in [-0.1, -0.05) is 6.92 Å². The first-order valence-electron chi connectivity index (χ1n) is 6.13. The number of carbonyl (C=O) groups is 1. The number of hydrogen-bond donors (Lipinski definition) is 1. The average Bonchev–Trinajstić information content (AvgIpc) is 2.36. The zero-order valence-corrected chi connectivity index (χ0v) is 11.8. The maximum atomic E-state index is 13.5. The Bertz CT molecular complexity index is 451. The SMILES string of the molecule is CCNC1CCCN(c2ccc(Br)c(F)c2)C1=O. The maximum Gasteiger partial charge on any atom is 0.244 e. The normalized spacial score (nSPS) is 20.3. The molecule has 1 amide bonds. The molecule has 98 valence electrons. The molecule has 0 spiro atoms. The Morgan fingerprint density at radius 1 is 1.56 bits per heavy atom. The summed E-state index contributed by atoms with van der Waals surface area (Å²) in [7, 11) is 0. The Balaban J connectivity index is 2.21. The van der Waals surface area contributed by atoms with Crippen molar-refractivity contribution in [2.24, 2.45) is 0 Å². The molecule has 0 aliphatic carbocycles. The van der Waals surface area contributed by atoms with Gasteiger partial charge in [-0.05, 0) is 53.5 Å². The Morgan fingerprint density at radius 2 is 2.33 bits per heavy atom. The summed E-state index contributed by atoms with van der Waals surface area (Å²) in [5.74, 6) is -0.310. The fourth-order valence-electron chi connectivity index (χ4n) is 2.22. The van der Waals surface area contributed by atoms with Crippen LogP contribution in [0.5, 0.6) is 0 Å². The van der Waals surface area contributed by atoms with Crippen LogP contribution in [0.1, 0.15) is 19.8 Å². The van der Waals surface area contributed by atoms with Crippen molar-refractivity contribution in [3.05, 3.63) is 28.5 Å². The van der Waals surface area contributed by atoms with Crippen LogP contribution in [0.2, 0.25) is 0 Å². The van der Waals surface area contributed by atoms with E-state index in [1.54, 1.807) is 17.0 Å². The minimum atomic E-state index is -0.342. The second kappa shape index (κ2) is 5.80. The summed E-state index contributed by atoms with van der Waals surface area (Å²) in [6.07, 6.45) is 1.78. The van der Waals surface area contributed by atoms with Crippen molar-refractivity contribution < 1.29 is 9.18 Å². The van der Waals surface area contributed by atoms with Crippen LogP contribution in [0.3, 0.4) is 0 Å². The second-order valence-electron chi connectivity index (χ2n) is 4.34. The summed E-state index contributed by atoms with van der Waals surface area (Å²) < 4.78 is 13.9. The molecule has 1 saturated heterocycles. The lowest BCUT2D eigenvalue weighted by Gasteiger charge is -2.32. The van der Waals surface area contributed by atoms with Crippen LogP contribution >= 0.6 is 15.9 Å². The van der Waals surface area contributed by atoms with E-state index in [4.69, 9.17) is 0 Å². The van der Waals surface area contributed by atoms with Gasteiger partial charge >= 0.3 is 0 Å². The highest BCUT2D eigenvalue weighted by Crippen LogP contribution is 2.25. The monoisotopic (exact) mass is 314 g/mol. The number of nitrogens with one attached hydrogen (secondary N) is 1. The van der Waals surface area contributed by atoms with E-state index >= 15 is 0 Å². The first kappa shape index (κ1) is 13.5. The molecule has 0 aromatic heterocycles. The molecule has 0 bridgehead atoms. The van der Waals surface area contributed by atoms with Gasteiger partial charge in [0.05, 0.1) is 10.5 Å². The van der Waals surface area contributed by atoms with Crippen molar-refractivity contribution in [1.82, 2.24) is 5.32 Å². The molecule has 1 unspecified atom stereocenters. The summed E-state index contributed by atoms with van der Waals surface area (Å²) in [6.45, 7) is 3.40. The van der Waals surface area contributed by atoms with E-state index in [1.807, 2.05) is 6.92 Å². The van der Waals surface area contributed by atoms with E-state index in [9.17, 15) is 9.18 Å². The number of amides is 1. The number of nitrogens with zero attached hydrogens (tertiary/aromatic N) is 1. The van der Waals surface area contributed by atoms with Gasteiger partial charge in [-0.25, -0.2) is 4.39 Å². The molecule has 0 radical (unpaired) electrons. The highest BCUT2D eigenvalue weighted by atomic mass is 79.9. The summed E-state index contributed by atoms with van der Waals surface area (Å²) in [5.41, 5.74) is 0.628. The van der Waals surface area contributed by atoms with E-state index in [2.05, 4.69) is 21.2 Å². The van der Waals surface area contributed by atoms with Crippen LogP contribution in [0, 0.1) is 5.82 Å². The van der Waals surface area contributed by atoms with Gasteiger partial charge in [-0.3, -0.25) is 4.79 Å². The number of carbonyl (C=O) groups excluding carboxylic acids is 1. The molecule has 1 aliphatic rings. The van der Waals surface area contributed by atoms with Crippen molar-refractivity contribution in [3.63, 3.8) is 0 Å². The predicted octanol–water partition coefficient (Wildman–Crippen LogP) is 2.69. The summed E-state index contributed by atoms with van der Waals surface area (Å²) in [4.78, 5) is 13.9. The first-order valence-corrected chi connectivity index (χ1v) is 6.92. The summed E-state index contributed by atoms with van der Waals surface area (Å²) in [6, 6.07) is 4.65. The molecule has 2 rings (SSSR count). The van der Waals surface area contributed by atoms with E-state index < -0.39 is 0 Å². The molecule has 1 aromatic rings. The molecule has 1 atom stereocenters. The summed E-state index contributed by atoms with van der Waals surface area (Å²) in [5, 5.41) is 3.17. The fourth-order valence-corrected chi connectivity index (χ4v) is 2.47. The van der Waals surface area contributed by atoms with Crippen molar-refractivity contribution in [2.75, 3.05) is 18.0 Å². The zero-order chi connectivity index (χ0) is 13.1. The topological polar surface area (TPSA) is 32.3 Å². The Hall–Kier alpha value is -0.940. The van der Waals surface area contributed by atoms with Crippen molar-refractivity contribution >= 4 is 27.5 Å². The third kappa shape index (κ3) is 2.72. The number of anilines is 1. The largest absolute Gasteiger partial charge is 0.311 e. The van der Waals surface area contributed by atoms with Gasteiger partial charge in [-0.15, -0.1) is 0 Å². The molecule has 5 heteroatoms. The molecule has 1 N–H and O–H groups in total. The van der Waals surface area contributed by atoms with E-state index in [0.29, 0.717) is 16.7 Å². The molecular weight excluding hydrogens is 299 g/mol. The molecule has 18 heavy (non-hydrogen) atoms. The first-order chi connectivity index (χ1) is 8.63. The van der Waals surface area contributed by atoms with Crippen molar-refractivity contribution in [2.45, 2.75) is 25.8 Å². The van der Waals surface area contributed by atoms with Gasteiger partial charge in [-0.2, -0.15) is 0 Å². The van der Waals surface area contributed by atoms with Crippen LogP contribution in [0.25, 0.3) is 0 Å². The number of likely N-dealkylation sites (N-methyl/N-ethyl adjacent to an activating group) is 1. The van der Waals surface area contributed by atoms with Crippen LogP contribution in [0.15, 0.2) is 22.7 Å². The Kier molecular flexibility index (Phi) is 4.35. The van der Waals surface area contributed by atoms with Crippen LogP contribution in [-0.2, 0) is 4.79 Å². The van der Waals surface area contributed by atoms with Gasteiger partial charge in [0.15, 0.2) is 0 Å². The quantitative estimate of drug-likeness (QED) is 0.930. The number of halogens is 2. The molecule has 1 aliphatic heterocycles. The lowest BCUT2D eigenvalue weighted by Crippen LogP contribution is -2.50. The average molecular weight is 315 g/mol. The fraction of sp³-hybridized carbons (Fsp3) is 0.462. The smallest absolute Gasteiger partial charge is 0.244 e. The third-order valence-corrected chi connectivity index (χ3v) is 3.75. The van der Waals surface area contributed by atoms with Gasteiger partial charge in [0.1, 0.15) is 5.82 Å².